The molecule has 0 saturated carbocycles. The molecule has 0 radical (unpaired) electrons. The molecule has 0 aliphatic rings. The van der Waals surface area contributed by atoms with Gasteiger partial charge in [-0.05, 0) is 17.7 Å². The van der Waals surface area contributed by atoms with E-state index in [1.807, 2.05) is 0 Å². The number of halogens is 2. The van der Waals surface area contributed by atoms with Gasteiger partial charge in [-0.15, -0.1) is 0 Å². The zero-order chi connectivity index (χ0) is 14.0. The third-order valence-electron chi connectivity index (χ3n) is 2.44. The van der Waals surface area contributed by atoms with Crippen LogP contribution in [0, 0.1) is 5.82 Å². The van der Waals surface area contributed by atoms with Gasteiger partial charge in [0.15, 0.2) is 0 Å². The number of sulfonamides is 1. The molecule has 0 aliphatic carbocycles. The van der Waals surface area contributed by atoms with Gasteiger partial charge in [0.05, 0.1) is 6.33 Å². The molecule has 0 bridgehead atoms. The average Bonchev–Trinajstić information content (AvgIpc) is 2.68. The predicted molar refractivity (Wildman–Crippen MR) is 68.6 cm³/mol. The molecule has 19 heavy (non-hydrogen) atoms. The number of hydrogen-bond acceptors (Lipinski definition) is 3. The molecule has 2 rings (SSSR count). The number of nitrogens with zero attached hydrogens (tertiary/aromatic N) is 2. The zero-order valence-corrected chi connectivity index (χ0v) is 11.5. The van der Waals surface area contributed by atoms with Crippen LogP contribution in [0.3, 0.4) is 0 Å². The van der Waals surface area contributed by atoms with Gasteiger partial charge in [0.1, 0.15) is 11.0 Å². The quantitative estimate of drug-likeness (QED) is 0.935. The van der Waals surface area contributed by atoms with Crippen molar-refractivity contribution in [2.24, 2.45) is 7.05 Å². The number of nitrogens with one attached hydrogen (secondary N) is 1. The first-order chi connectivity index (χ1) is 8.90. The lowest BCUT2D eigenvalue weighted by atomic mass is 10.2. The van der Waals surface area contributed by atoms with Crippen LogP contribution in [0.15, 0.2) is 35.6 Å². The Morgan fingerprint density at radius 2 is 2.21 bits per heavy atom. The molecule has 1 heterocycles. The lowest BCUT2D eigenvalue weighted by Crippen LogP contribution is -2.24. The molecular formula is C11H11ClFN3O2S. The van der Waals surface area contributed by atoms with Crippen molar-refractivity contribution >= 4 is 21.6 Å². The van der Waals surface area contributed by atoms with E-state index >= 15 is 0 Å². The fourth-order valence-electron chi connectivity index (χ4n) is 1.47. The van der Waals surface area contributed by atoms with Gasteiger partial charge >= 0.3 is 0 Å². The van der Waals surface area contributed by atoms with Crippen LogP contribution in [0.25, 0.3) is 0 Å². The summed E-state index contributed by atoms with van der Waals surface area (Å²) in [6, 6.07) is 5.66. The maximum atomic E-state index is 13.0. The van der Waals surface area contributed by atoms with Crippen molar-refractivity contribution in [1.29, 1.82) is 0 Å². The van der Waals surface area contributed by atoms with Crippen LogP contribution in [0.5, 0.6) is 0 Å². The van der Waals surface area contributed by atoms with Gasteiger partial charge in [0.2, 0.25) is 5.03 Å². The molecule has 2 aromatic rings. The smallest absolute Gasteiger partial charge is 0.261 e. The van der Waals surface area contributed by atoms with Crippen molar-refractivity contribution in [3.05, 3.63) is 47.1 Å². The molecule has 0 atom stereocenters. The summed E-state index contributed by atoms with van der Waals surface area (Å²) in [7, 11) is -2.23. The standard InChI is InChI=1S/C11H11ClFN3O2S/c1-16-7-14-11(10(16)12)19(17,18)15-6-8-3-2-4-9(13)5-8/h2-5,7,15H,6H2,1H3. The predicted octanol–water partition coefficient (Wildman–Crippen LogP) is 1.69. The normalized spacial score (nSPS) is 11.7. The second kappa shape index (κ2) is 5.28. The number of imidazole rings is 1. The number of benzene rings is 1. The van der Waals surface area contributed by atoms with Gasteiger partial charge in [0, 0.05) is 13.6 Å². The highest BCUT2D eigenvalue weighted by Gasteiger charge is 2.21. The summed E-state index contributed by atoms with van der Waals surface area (Å²) in [5.41, 5.74) is 0.510. The summed E-state index contributed by atoms with van der Waals surface area (Å²) in [6.45, 7) is -0.0347. The Balaban J connectivity index is 2.17. The third-order valence-corrected chi connectivity index (χ3v) is 4.33. The molecule has 1 N–H and O–H groups in total. The number of aryl methyl sites for hydroxylation is 1. The Morgan fingerprint density at radius 3 is 2.79 bits per heavy atom. The Labute approximate surface area is 115 Å². The maximum Gasteiger partial charge on any atom is 0.261 e. The van der Waals surface area contributed by atoms with E-state index in [0.29, 0.717) is 5.56 Å². The Bertz CT molecular complexity index is 700. The summed E-state index contributed by atoms with van der Waals surface area (Å²) >= 11 is 5.82. The van der Waals surface area contributed by atoms with Crippen LogP contribution in [0.1, 0.15) is 5.56 Å². The largest absolute Gasteiger partial charge is 0.324 e. The minimum Gasteiger partial charge on any atom is -0.324 e. The first-order valence-electron chi connectivity index (χ1n) is 5.31. The lowest BCUT2D eigenvalue weighted by molar-refractivity contribution is 0.577. The van der Waals surface area contributed by atoms with Crippen molar-refractivity contribution in [2.45, 2.75) is 11.6 Å². The molecule has 0 aliphatic heterocycles. The highest BCUT2D eigenvalue weighted by molar-refractivity contribution is 7.89. The Kier molecular flexibility index (Phi) is 3.88. The minimum atomic E-state index is -3.82. The number of hydrogen-bond donors (Lipinski definition) is 1. The average molecular weight is 304 g/mol. The third kappa shape index (κ3) is 3.12. The van der Waals surface area contributed by atoms with Gasteiger partial charge in [0.25, 0.3) is 10.0 Å². The highest BCUT2D eigenvalue weighted by Crippen LogP contribution is 2.18. The molecule has 0 amide bonds. The topological polar surface area (TPSA) is 64.0 Å². The summed E-state index contributed by atoms with van der Waals surface area (Å²) < 4.78 is 40.6. The van der Waals surface area contributed by atoms with Crippen LogP contribution in [-0.2, 0) is 23.6 Å². The van der Waals surface area contributed by atoms with Crippen molar-refractivity contribution in [2.75, 3.05) is 0 Å². The zero-order valence-electron chi connectivity index (χ0n) is 9.97. The second-order valence-electron chi connectivity index (χ2n) is 3.91. The molecule has 5 nitrogen and oxygen atoms in total. The van der Waals surface area contributed by atoms with Crippen molar-refractivity contribution in [3.8, 4) is 0 Å². The van der Waals surface area contributed by atoms with E-state index in [-0.39, 0.29) is 16.7 Å². The number of aromatic nitrogens is 2. The van der Waals surface area contributed by atoms with E-state index in [1.165, 1.54) is 29.1 Å². The first kappa shape index (κ1) is 14.0. The van der Waals surface area contributed by atoms with Gasteiger partial charge in [-0.25, -0.2) is 22.5 Å². The fourth-order valence-corrected chi connectivity index (χ4v) is 2.91. The number of rotatable bonds is 4. The Morgan fingerprint density at radius 1 is 1.47 bits per heavy atom. The van der Waals surface area contributed by atoms with E-state index in [9.17, 15) is 12.8 Å². The van der Waals surface area contributed by atoms with E-state index in [4.69, 9.17) is 11.6 Å². The Hall–Kier alpha value is -1.44. The van der Waals surface area contributed by atoms with Crippen LogP contribution >= 0.6 is 11.6 Å². The summed E-state index contributed by atoms with van der Waals surface area (Å²) in [6.07, 6.45) is 1.30. The highest BCUT2D eigenvalue weighted by atomic mass is 35.5. The molecular weight excluding hydrogens is 293 g/mol. The van der Waals surface area contributed by atoms with Crippen molar-refractivity contribution in [3.63, 3.8) is 0 Å². The first-order valence-corrected chi connectivity index (χ1v) is 7.17. The van der Waals surface area contributed by atoms with Crippen LogP contribution in [0.2, 0.25) is 5.15 Å². The fraction of sp³-hybridized carbons (Fsp3) is 0.182. The summed E-state index contributed by atoms with van der Waals surface area (Å²) in [5, 5.41) is -0.222. The molecule has 0 spiro atoms. The SMILES string of the molecule is Cn1cnc(S(=O)(=O)NCc2cccc(F)c2)c1Cl. The molecule has 102 valence electrons. The van der Waals surface area contributed by atoms with Crippen LogP contribution in [0.4, 0.5) is 4.39 Å². The van der Waals surface area contributed by atoms with Gasteiger partial charge in [-0.3, -0.25) is 0 Å². The maximum absolute atomic E-state index is 13.0. The second-order valence-corrected chi connectivity index (χ2v) is 5.95. The van der Waals surface area contributed by atoms with Gasteiger partial charge < -0.3 is 4.57 Å². The van der Waals surface area contributed by atoms with Crippen LogP contribution < -0.4 is 4.72 Å². The van der Waals surface area contributed by atoms with E-state index in [0.717, 1.165) is 0 Å². The van der Waals surface area contributed by atoms with Gasteiger partial charge in [-0.1, -0.05) is 23.7 Å². The molecule has 1 aromatic carbocycles. The molecule has 0 unspecified atom stereocenters. The van der Waals surface area contributed by atoms with Crippen molar-refractivity contribution in [1.82, 2.24) is 14.3 Å². The van der Waals surface area contributed by atoms with Crippen molar-refractivity contribution < 1.29 is 12.8 Å². The summed E-state index contributed by atoms with van der Waals surface area (Å²) in [4.78, 5) is 3.72. The minimum absolute atomic E-state index is 0.0201. The summed E-state index contributed by atoms with van der Waals surface area (Å²) in [5.74, 6) is -0.424. The van der Waals surface area contributed by atoms with Crippen LogP contribution in [-0.4, -0.2) is 18.0 Å². The van der Waals surface area contributed by atoms with E-state index in [1.54, 1.807) is 13.1 Å². The molecule has 0 fully saturated rings. The van der Waals surface area contributed by atoms with E-state index in [2.05, 4.69) is 9.71 Å². The van der Waals surface area contributed by atoms with E-state index < -0.39 is 15.8 Å². The molecule has 1 aromatic heterocycles. The molecule has 8 heteroatoms. The lowest BCUT2D eigenvalue weighted by Gasteiger charge is -2.05. The van der Waals surface area contributed by atoms with Gasteiger partial charge in [-0.2, -0.15) is 0 Å². The monoisotopic (exact) mass is 303 g/mol. The molecule has 0 saturated heterocycles.